The highest BCUT2D eigenvalue weighted by Gasteiger charge is 2.24. The second-order valence-corrected chi connectivity index (χ2v) is 7.83. The highest BCUT2D eigenvalue weighted by Crippen LogP contribution is 2.38. The van der Waals surface area contributed by atoms with Gasteiger partial charge in [0.1, 0.15) is 11.5 Å². The molecule has 5 rings (SSSR count). The van der Waals surface area contributed by atoms with Gasteiger partial charge in [0.15, 0.2) is 0 Å². The van der Waals surface area contributed by atoms with Crippen molar-refractivity contribution < 1.29 is 9.18 Å². The van der Waals surface area contributed by atoms with Crippen LogP contribution in [0.4, 0.5) is 4.39 Å². The van der Waals surface area contributed by atoms with Crippen LogP contribution >= 0.6 is 0 Å². The van der Waals surface area contributed by atoms with Gasteiger partial charge < -0.3 is 14.7 Å². The summed E-state index contributed by atoms with van der Waals surface area (Å²) in [6.07, 6.45) is 10.3. The van der Waals surface area contributed by atoms with Crippen molar-refractivity contribution in [3.05, 3.63) is 66.6 Å². The predicted octanol–water partition coefficient (Wildman–Crippen LogP) is 4.15. The van der Waals surface area contributed by atoms with Crippen LogP contribution in [0, 0.1) is 5.82 Å². The molecule has 1 amide bonds. The zero-order valence-corrected chi connectivity index (χ0v) is 16.5. The molecule has 1 aliphatic rings. The summed E-state index contributed by atoms with van der Waals surface area (Å²) in [6.45, 7) is 0. The molecular formula is C23H22FN5O. The van der Waals surface area contributed by atoms with Crippen molar-refractivity contribution in [3.63, 3.8) is 0 Å². The maximum atomic E-state index is 13.5. The normalized spacial score (nSPS) is 14.6. The van der Waals surface area contributed by atoms with E-state index in [1.165, 1.54) is 25.0 Å². The van der Waals surface area contributed by atoms with Crippen LogP contribution in [0.25, 0.3) is 28.2 Å². The SMILES string of the molecule is NC(=O)Cc1cnc2ccc(-c3c(-c4ccc(F)cc4)ncn3C3CCCC3)cn12. The minimum absolute atomic E-state index is 0.122. The number of imidazole rings is 2. The molecule has 1 saturated carbocycles. The molecule has 1 aliphatic carbocycles. The van der Waals surface area contributed by atoms with E-state index in [1.54, 1.807) is 18.3 Å². The fraction of sp³-hybridized carbons (Fsp3) is 0.261. The monoisotopic (exact) mass is 403 g/mol. The molecule has 0 aliphatic heterocycles. The van der Waals surface area contributed by atoms with E-state index in [1.807, 2.05) is 29.1 Å². The van der Waals surface area contributed by atoms with Gasteiger partial charge in [0.25, 0.3) is 0 Å². The summed E-state index contributed by atoms with van der Waals surface area (Å²) in [5, 5.41) is 0. The van der Waals surface area contributed by atoms with E-state index >= 15 is 0 Å². The van der Waals surface area contributed by atoms with E-state index in [4.69, 9.17) is 10.7 Å². The van der Waals surface area contributed by atoms with Crippen molar-refractivity contribution in [1.29, 1.82) is 0 Å². The lowest BCUT2D eigenvalue weighted by Gasteiger charge is -2.17. The topological polar surface area (TPSA) is 78.2 Å². The van der Waals surface area contributed by atoms with Crippen LogP contribution in [0.5, 0.6) is 0 Å². The minimum atomic E-state index is -0.398. The summed E-state index contributed by atoms with van der Waals surface area (Å²) in [4.78, 5) is 20.5. The van der Waals surface area contributed by atoms with Gasteiger partial charge in [0, 0.05) is 29.6 Å². The van der Waals surface area contributed by atoms with Crippen molar-refractivity contribution in [1.82, 2.24) is 18.9 Å². The summed E-state index contributed by atoms with van der Waals surface area (Å²) in [6, 6.07) is 10.8. The zero-order valence-electron chi connectivity index (χ0n) is 16.5. The number of carbonyl (C=O) groups excluding carboxylic acids is 1. The Labute approximate surface area is 173 Å². The number of nitrogens with zero attached hydrogens (tertiary/aromatic N) is 4. The molecule has 0 bridgehead atoms. The smallest absolute Gasteiger partial charge is 0.223 e. The van der Waals surface area contributed by atoms with Crippen LogP contribution in [0.2, 0.25) is 0 Å². The highest BCUT2D eigenvalue weighted by atomic mass is 19.1. The molecule has 3 heterocycles. The molecule has 0 atom stereocenters. The molecule has 0 unspecified atom stereocenters. The van der Waals surface area contributed by atoms with E-state index in [0.29, 0.717) is 6.04 Å². The number of hydrogen-bond donors (Lipinski definition) is 1. The van der Waals surface area contributed by atoms with Crippen molar-refractivity contribution in [2.75, 3.05) is 0 Å². The Morgan fingerprint density at radius 3 is 2.53 bits per heavy atom. The van der Waals surface area contributed by atoms with Crippen LogP contribution in [-0.2, 0) is 11.2 Å². The Balaban J connectivity index is 1.69. The molecule has 7 heteroatoms. The van der Waals surface area contributed by atoms with Gasteiger partial charge in [0.2, 0.25) is 5.91 Å². The van der Waals surface area contributed by atoms with E-state index < -0.39 is 5.91 Å². The van der Waals surface area contributed by atoms with Gasteiger partial charge in [-0.15, -0.1) is 0 Å². The molecular weight excluding hydrogens is 381 g/mol. The fourth-order valence-corrected chi connectivity index (χ4v) is 4.41. The quantitative estimate of drug-likeness (QED) is 0.544. The molecule has 30 heavy (non-hydrogen) atoms. The second-order valence-electron chi connectivity index (χ2n) is 7.83. The van der Waals surface area contributed by atoms with Gasteiger partial charge in [-0.25, -0.2) is 14.4 Å². The van der Waals surface area contributed by atoms with Gasteiger partial charge in [-0.1, -0.05) is 12.8 Å². The third kappa shape index (κ3) is 3.26. The Hall–Kier alpha value is -3.48. The van der Waals surface area contributed by atoms with Gasteiger partial charge >= 0.3 is 0 Å². The van der Waals surface area contributed by atoms with E-state index in [-0.39, 0.29) is 12.2 Å². The molecule has 0 saturated heterocycles. The Morgan fingerprint density at radius 2 is 1.80 bits per heavy atom. The third-order valence-corrected chi connectivity index (χ3v) is 5.84. The van der Waals surface area contributed by atoms with Gasteiger partial charge in [0.05, 0.1) is 29.8 Å². The van der Waals surface area contributed by atoms with Crippen molar-refractivity contribution in [2.24, 2.45) is 5.73 Å². The minimum Gasteiger partial charge on any atom is -0.369 e. The molecule has 3 aromatic heterocycles. The largest absolute Gasteiger partial charge is 0.369 e. The average molecular weight is 403 g/mol. The number of amides is 1. The van der Waals surface area contributed by atoms with Crippen LogP contribution < -0.4 is 5.73 Å². The molecule has 0 radical (unpaired) electrons. The molecule has 1 fully saturated rings. The highest BCUT2D eigenvalue weighted by molar-refractivity contribution is 5.79. The van der Waals surface area contributed by atoms with E-state index in [2.05, 4.69) is 9.55 Å². The first-order chi connectivity index (χ1) is 14.6. The van der Waals surface area contributed by atoms with Crippen LogP contribution in [0.15, 0.2) is 55.1 Å². The number of fused-ring (bicyclic) bond motifs is 1. The van der Waals surface area contributed by atoms with Crippen LogP contribution in [0.1, 0.15) is 37.4 Å². The standard InChI is InChI=1S/C23H22FN5O/c24-17-8-5-15(6-9-17)22-23(29(14-27-22)18-3-1-2-4-18)16-7-10-21-26-12-19(11-20(25)30)28(21)13-16/h5-10,12-14,18H,1-4,11H2,(H2,25,30). The third-order valence-electron chi connectivity index (χ3n) is 5.84. The maximum absolute atomic E-state index is 13.5. The van der Waals surface area contributed by atoms with Crippen molar-refractivity contribution >= 4 is 11.6 Å². The van der Waals surface area contributed by atoms with Crippen LogP contribution in [-0.4, -0.2) is 24.8 Å². The summed E-state index contributed by atoms with van der Waals surface area (Å²) in [7, 11) is 0. The first-order valence-corrected chi connectivity index (χ1v) is 10.2. The Bertz CT molecular complexity index is 1220. The molecule has 0 spiro atoms. The maximum Gasteiger partial charge on any atom is 0.223 e. The fourth-order valence-electron chi connectivity index (χ4n) is 4.41. The lowest BCUT2D eigenvalue weighted by Crippen LogP contribution is -2.14. The number of carbonyl (C=O) groups is 1. The van der Waals surface area contributed by atoms with Crippen molar-refractivity contribution in [2.45, 2.75) is 38.1 Å². The molecule has 152 valence electrons. The first kappa shape index (κ1) is 18.5. The zero-order chi connectivity index (χ0) is 20.7. The number of halogens is 1. The number of pyridine rings is 1. The lowest BCUT2D eigenvalue weighted by molar-refractivity contribution is -0.117. The predicted molar refractivity (Wildman–Crippen MR) is 112 cm³/mol. The van der Waals surface area contributed by atoms with Gasteiger partial charge in [-0.3, -0.25) is 4.79 Å². The molecule has 1 aromatic carbocycles. The second kappa shape index (κ2) is 7.40. The number of hydrogen-bond acceptors (Lipinski definition) is 3. The number of primary amides is 1. The van der Waals surface area contributed by atoms with Crippen molar-refractivity contribution in [3.8, 4) is 22.5 Å². The van der Waals surface area contributed by atoms with Gasteiger partial charge in [-0.2, -0.15) is 0 Å². The number of aromatic nitrogens is 4. The van der Waals surface area contributed by atoms with E-state index in [0.717, 1.165) is 46.7 Å². The molecule has 6 nitrogen and oxygen atoms in total. The average Bonchev–Trinajstić information content (AvgIpc) is 3.47. The summed E-state index contributed by atoms with van der Waals surface area (Å²) < 4.78 is 17.6. The summed E-state index contributed by atoms with van der Waals surface area (Å²) in [5.41, 5.74) is 10.5. The number of benzene rings is 1. The molecule has 4 aromatic rings. The lowest BCUT2D eigenvalue weighted by atomic mass is 10.0. The van der Waals surface area contributed by atoms with Crippen LogP contribution in [0.3, 0.4) is 0 Å². The summed E-state index contributed by atoms with van der Waals surface area (Å²) in [5.74, 6) is -0.670. The Kier molecular flexibility index (Phi) is 4.58. The van der Waals surface area contributed by atoms with Gasteiger partial charge in [-0.05, 0) is 49.2 Å². The van der Waals surface area contributed by atoms with E-state index in [9.17, 15) is 9.18 Å². The number of nitrogens with two attached hydrogens (primary N) is 1. The first-order valence-electron chi connectivity index (χ1n) is 10.2. The number of rotatable bonds is 5. The summed E-state index contributed by atoms with van der Waals surface area (Å²) >= 11 is 0. The molecule has 2 N–H and O–H groups in total. The Morgan fingerprint density at radius 1 is 1.07 bits per heavy atom.